The van der Waals surface area contributed by atoms with Gasteiger partial charge in [-0.15, -0.1) is 0 Å². The van der Waals surface area contributed by atoms with Crippen molar-refractivity contribution in [1.82, 2.24) is 5.32 Å². The van der Waals surface area contributed by atoms with Crippen LogP contribution in [0.1, 0.15) is 47.0 Å². The zero-order valence-electron chi connectivity index (χ0n) is 10.7. The van der Waals surface area contributed by atoms with Crippen LogP contribution in [0.5, 0.6) is 0 Å². The lowest BCUT2D eigenvalue weighted by atomic mass is 10.4. The maximum absolute atomic E-state index is 9.94. The minimum atomic E-state index is -0.882. The van der Waals surface area contributed by atoms with E-state index in [1.807, 2.05) is 13.8 Å². The average Bonchev–Trinajstić information content (AvgIpc) is 2.20. The van der Waals surface area contributed by atoms with Gasteiger partial charge in [0.15, 0.2) is 0 Å². The van der Waals surface area contributed by atoms with Crippen LogP contribution in [0.25, 0.3) is 0 Å². The molecule has 0 aliphatic carbocycles. The van der Waals surface area contributed by atoms with Crippen LogP contribution in [-0.4, -0.2) is 35.2 Å². The van der Waals surface area contributed by atoms with Gasteiger partial charge in [0.25, 0.3) is 0 Å². The van der Waals surface area contributed by atoms with Gasteiger partial charge in [0.05, 0.1) is 12.8 Å². The van der Waals surface area contributed by atoms with Gasteiger partial charge in [0.2, 0.25) is 0 Å². The standard InChI is InChI=1S/C6H11NO4.C3H8.C2H6/c8-5(9)1-3-7-4-2-6(10)11;1-3-2;1-2/h7H,1-4H2,(H,8,9)(H,10,11);3H2,1-2H3;1-2H3. The molecule has 0 heterocycles. The van der Waals surface area contributed by atoms with Crippen molar-refractivity contribution in [2.24, 2.45) is 0 Å². The van der Waals surface area contributed by atoms with Gasteiger partial charge in [-0.25, -0.2) is 0 Å². The van der Waals surface area contributed by atoms with Crippen LogP contribution in [0, 0.1) is 0 Å². The molecule has 0 radical (unpaired) electrons. The highest BCUT2D eigenvalue weighted by Gasteiger charge is 1.97. The van der Waals surface area contributed by atoms with Crippen LogP contribution in [-0.2, 0) is 9.59 Å². The summed E-state index contributed by atoms with van der Waals surface area (Å²) in [6.07, 6.45) is 1.30. The summed E-state index contributed by atoms with van der Waals surface area (Å²) in [6.45, 7) is 8.89. The molecule has 98 valence electrons. The van der Waals surface area contributed by atoms with Gasteiger partial charge < -0.3 is 15.5 Å². The van der Waals surface area contributed by atoms with Crippen LogP contribution in [0.15, 0.2) is 0 Å². The maximum Gasteiger partial charge on any atom is 0.304 e. The fourth-order valence-corrected chi connectivity index (χ4v) is 0.516. The number of hydrogen-bond acceptors (Lipinski definition) is 3. The van der Waals surface area contributed by atoms with Crippen molar-refractivity contribution in [3.63, 3.8) is 0 Å². The second kappa shape index (κ2) is 19.5. The lowest BCUT2D eigenvalue weighted by Gasteiger charge is -1.98. The summed E-state index contributed by atoms with van der Waals surface area (Å²) in [5.74, 6) is -1.76. The first-order valence-electron chi connectivity index (χ1n) is 5.68. The van der Waals surface area contributed by atoms with E-state index < -0.39 is 11.9 Å². The molecule has 5 nitrogen and oxygen atoms in total. The Bertz CT molecular complexity index is 144. The molecule has 0 fully saturated rings. The molecular weight excluding hydrogens is 210 g/mol. The highest BCUT2D eigenvalue weighted by molar-refractivity contribution is 5.67. The molecule has 0 rings (SSSR count). The Kier molecular flexibility index (Phi) is 24.7. The Hall–Kier alpha value is -1.10. The lowest BCUT2D eigenvalue weighted by Crippen LogP contribution is -2.21. The normalized spacial score (nSPS) is 8.00. The monoisotopic (exact) mass is 235 g/mol. The number of aliphatic carboxylic acids is 2. The summed E-state index contributed by atoms with van der Waals surface area (Å²) in [5, 5.41) is 19.0. The van der Waals surface area contributed by atoms with E-state index in [4.69, 9.17) is 10.2 Å². The minimum absolute atomic E-state index is 0.0274. The molecule has 0 amide bonds. The Morgan fingerprint density at radius 3 is 1.38 bits per heavy atom. The van der Waals surface area contributed by atoms with E-state index in [-0.39, 0.29) is 12.8 Å². The highest BCUT2D eigenvalue weighted by Crippen LogP contribution is 1.78. The number of carboxylic acid groups (broad SMARTS) is 2. The van der Waals surface area contributed by atoms with Crippen LogP contribution in [0.3, 0.4) is 0 Å². The largest absolute Gasteiger partial charge is 0.481 e. The molecule has 0 saturated heterocycles. The molecule has 0 atom stereocenters. The Labute approximate surface area is 97.9 Å². The number of carboxylic acids is 2. The van der Waals surface area contributed by atoms with Gasteiger partial charge in [-0.05, 0) is 0 Å². The van der Waals surface area contributed by atoms with Crippen molar-refractivity contribution in [3.8, 4) is 0 Å². The SMILES string of the molecule is CC.CCC.O=C(O)CCNCCC(=O)O. The van der Waals surface area contributed by atoms with Crippen molar-refractivity contribution < 1.29 is 19.8 Å². The van der Waals surface area contributed by atoms with E-state index in [1.54, 1.807) is 0 Å². The smallest absolute Gasteiger partial charge is 0.304 e. The van der Waals surface area contributed by atoms with Gasteiger partial charge in [-0.2, -0.15) is 0 Å². The molecule has 5 heteroatoms. The second-order valence-electron chi connectivity index (χ2n) is 2.74. The van der Waals surface area contributed by atoms with Crippen molar-refractivity contribution in [2.75, 3.05) is 13.1 Å². The van der Waals surface area contributed by atoms with Crippen molar-refractivity contribution in [1.29, 1.82) is 0 Å². The Morgan fingerprint density at radius 1 is 0.938 bits per heavy atom. The van der Waals surface area contributed by atoms with Crippen molar-refractivity contribution in [2.45, 2.75) is 47.0 Å². The maximum atomic E-state index is 9.94. The summed E-state index contributed by atoms with van der Waals surface area (Å²) in [5.41, 5.74) is 0. The predicted octanol–water partition coefficient (Wildman–Crippen LogP) is 1.97. The summed E-state index contributed by atoms with van der Waals surface area (Å²) >= 11 is 0. The first-order chi connectivity index (χ1) is 7.54. The fraction of sp³-hybridized carbons (Fsp3) is 0.818. The second-order valence-corrected chi connectivity index (χ2v) is 2.74. The third-order valence-electron chi connectivity index (χ3n) is 1.03. The van der Waals surface area contributed by atoms with E-state index in [1.165, 1.54) is 6.42 Å². The quantitative estimate of drug-likeness (QED) is 0.613. The number of nitrogens with one attached hydrogen (secondary N) is 1. The van der Waals surface area contributed by atoms with Gasteiger partial charge >= 0.3 is 11.9 Å². The summed E-state index contributed by atoms with van der Waals surface area (Å²) in [4.78, 5) is 19.9. The third kappa shape index (κ3) is 38.4. The molecule has 0 unspecified atom stereocenters. The molecule has 16 heavy (non-hydrogen) atoms. The zero-order chi connectivity index (χ0) is 13.4. The zero-order valence-corrected chi connectivity index (χ0v) is 10.7. The first-order valence-corrected chi connectivity index (χ1v) is 5.68. The number of rotatable bonds is 6. The van der Waals surface area contributed by atoms with Crippen molar-refractivity contribution >= 4 is 11.9 Å². The number of hydrogen-bond donors (Lipinski definition) is 3. The van der Waals surface area contributed by atoms with Crippen LogP contribution in [0.4, 0.5) is 0 Å². The summed E-state index contributed by atoms with van der Waals surface area (Å²) in [6, 6.07) is 0. The van der Waals surface area contributed by atoms with E-state index >= 15 is 0 Å². The molecular formula is C11H25NO4. The average molecular weight is 235 g/mol. The lowest BCUT2D eigenvalue weighted by molar-refractivity contribution is -0.137. The summed E-state index contributed by atoms with van der Waals surface area (Å²) < 4.78 is 0. The van der Waals surface area contributed by atoms with Crippen LogP contribution >= 0.6 is 0 Å². The molecule has 3 N–H and O–H groups in total. The fourth-order valence-electron chi connectivity index (χ4n) is 0.516. The molecule has 0 aromatic carbocycles. The number of carbonyl (C=O) groups is 2. The van der Waals surface area contributed by atoms with Gasteiger partial charge in [-0.1, -0.05) is 34.1 Å². The molecule has 0 aliphatic heterocycles. The van der Waals surface area contributed by atoms with E-state index in [0.717, 1.165) is 0 Å². The third-order valence-corrected chi connectivity index (χ3v) is 1.03. The van der Waals surface area contributed by atoms with Crippen LogP contribution < -0.4 is 5.32 Å². The Morgan fingerprint density at radius 2 is 1.19 bits per heavy atom. The molecule has 0 bridgehead atoms. The van der Waals surface area contributed by atoms with Gasteiger partial charge in [0, 0.05) is 13.1 Å². The molecule has 0 aromatic heterocycles. The molecule has 0 spiro atoms. The van der Waals surface area contributed by atoms with Gasteiger partial charge in [0.1, 0.15) is 0 Å². The topological polar surface area (TPSA) is 86.6 Å². The van der Waals surface area contributed by atoms with E-state index in [9.17, 15) is 9.59 Å². The molecule has 0 aromatic rings. The van der Waals surface area contributed by atoms with Crippen molar-refractivity contribution in [3.05, 3.63) is 0 Å². The minimum Gasteiger partial charge on any atom is -0.481 e. The van der Waals surface area contributed by atoms with E-state index in [2.05, 4.69) is 19.2 Å². The molecule has 0 saturated carbocycles. The highest BCUT2D eigenvalue weighted by atomic mass is 16.4. The van der Waals surface area contributed by atoms with Gasteiger partial charge in [-0.3, -0.25) is 9.59 Å². The summed E-state index contributed by atoms with van der Waals surface area (Å²) in [7, 11) is 0. The molecule has 0 aliphatic rings. The van der Waals surface area contributed by atoms with Crippen LogP contribution in [0.2, 0.25) is 0 Å². The first kappa shape index (κ1) is 20.3. The Balaban J connectivity index is -0.000000289. The van der Waals surface area contributed by atoms with E-state index in [0.29, 0.717) is 13.1 Å². The predicted molar refractivity (Wildman–Crippen MR) is 64.7 cm³/mol.